The number of hydrogen-bond donors (Lipinski definition) is 3. The van der Waals surface area contributed by atoms with Gasteiger partial charge in [-0.15, -0.1) is 0 Å². The van der Waals surface area contributed by atoms with Crippen molar-refractivity contribution in [3.63, 3.8) is 0 Å². The molecular formula is C14H19ClN2O4. The second kappa shape index (κ2) is 6.98. The van der Waals surface area contributed by atoms with Gasteiger partial charge in [-0.25, -0.2) is 4.79 Å². The Labute approximate surface area is 128 Å². The molecule has 1 aromatic carbocycles. The van der Waals surface area contributed by atoms with Gasteiger partial charge in [0.1, 0.15) is 5.56 Å². The van der Waals surface area contributed by atoms with Crippen LogP contribution in [0.3, 0.4) is 0 Å². The Morgan fingerprint density at radius 1 is 1.57 bits per heavy atom. The number of nitrogen functional groups attached to an aromatic ring is 1. The third-order valence-corrected chi connectivity index (χ3v) is 3.74. The highest BCUT2D eigenvalue weighted by Crippen LogP contribution is 2.31. The van der Waals surface area contributed by atoms with Crippen LogP contribution < -0.4 is 15.8 Å². The summed E-state index contributed by atoms with van der Waals surface area (Å²) >= 11 is 5.90. The first-order valence-corrected chi connectivity index (χ1v) is 7.09. The van der Waals surface area contributed by atoms with E-state index < -0.39 is 12.1 Å². The van der Waals surface area contributed by atoms with Gasteiger partial charge in [0.2, 0.25) is 0 Å². The summed E-state index contributed by atoms with van der Waals surface area (Å²) in [6.07, 6.45) is 0.237. The zero-order valence-corrected chi connectivity index (χ0v) is 12.5. The fourth-order valence-electron chi connectivity index (χ4n) is 2.35. The summed E-state index contributed by atoms with van der Waals surface area (Å²) < 4.78 is 10.4. The molecule has 1 fully saturated rings. The summed E-state index contributed by atoms with van der Waals surface area (Å²) in [5, 5.41) is 13.2. The number of ether oxygens (including phenoxy) is 2. The number of aliphatic hydroxyl groups is 1. The largest absolute Gasteiger partial charge is 0.494 e. The SMILES string of the molecule is COc1c(N)cc(Cl)cc1C(=O)OCC1CCNCC1O. The van der Waals surface area contributed by atoms with Crippen molar-refractivity contribution in [2.45, 2.75) is 12.5 Å². The molecule has 1 saturated heterocycles. The van der Waals surface area contributed by atoms with Gasteiger partial charge in [0, 0.05) is 17.5 Å². The molecule has 0 amide bonds. The summed E-state index contributed by atoms with van der Waals surface area (Å²) in [6, 6.07) is 2.96. The first-order chi connectivity index (χ1) is 10.0. The first kappa shape index (κ1) is 15.9. The lowest BCUT2D eigenvalue weighted by Gasteiger charge is -2.27. The summed E-state index contributed by atoms with van der Waals surface area (Å²) in [5.74, 6) is -0.389. The fraction of sp³-hybridized carbons (Fsp3) is 0.500. The monoisotopic (exact) mass is 314 g/mol. The number of piperidine rings is 1. The predicted molar refractivity (Wildman–Crippen MR) is 79.7 cm³/mol. The number of aliphatic hydroxyl groups excluding tert-OH is 1. The lowest BCUT2D eigenvalue weighted by molar-refractivity contribution is 0.0135. The molecule has 0 saturated carbocycles. The van der Waals surface area contributed by atoms with Crippen molar-refractivity contribution in [3.05, 3.63) is 22.7 Å². The highest BCUT2D eigenvalue weighted by Gasteiger charge is 2.25. The number of carbonyl (C=O) groups is 1. The standard InChI is InChI=1S/C14H19ClN2O4/c1-20-13-10(4-9(15)5-11(13)16)14(19)21-7-8-2-3-17-6-12(8)18/h4-5,8,12,17-18H,2-3,6-7,16H2,1H3. The maximum absolute atomic E-state index is 12.2. The number of esters is 1. The van der Waals surface area contributed by atoms with Crippen LogP contribution in [0.5, 0.6) is 5.75 Å². The van der Waals surface area contributed by atoms with Crippen LogP contribution in [0.15, 0.2) is 12.1 Å². The molecule has 2 unspecified atom stereocenters. The molecule has 21 heavy (non-hydrogen) atoms. The van der Waals surface area contributed by atoms with Crippen molar-refractivity contribution in [1.82, 2.24) is 5.32 Å². The maximum atomic E-state index is 12.2. The molecule has 116 valence electrons. The zero-order valence-electron chi connectivity index (χ0n) is 11.8. The lowest BCUT2D eigenvalue weighted by Crippen LogP contribution is -2.42. The molecule has 1 aromatic rings. The van der Waals surface area contributed by atoms with Gasteiger partial charge in [-0.2, -0.15) is 0 Å². The number of halogens is 1. The molecule has 0 radical (unpaired) electrons. The number of β-amino-alcohol motifs (C(OH)–C–C–N with tert-alkyl or cyclic N) is 1. The number of hydrogen-bond acceptors (Lipinski definition) is 6. The predicted octanol–water partition coefficient (Wildman–Crippen LogP) is 1.06. The van der Waals surface area contributed by atoms with Crippen molar-refractivity contribution < 1.29 is 19.4 Å². The van der Waals surface area contributed by atoms with Gasteiger partial charge in [0.15, 0.2) is 5.75 Å². The van der Waals surface area contributed by atoms with Gasteiger partial charge in [-0.3, -0.25) is 0 Å². The number of anilines is 1. The highest BCUT2D eigenvalue weighted by molar-refractivity contribution is 6.31. The molecule has 2 rings (SSSR count). The molecular weight excluding hydrogens is 296 g/mol. The molecule has 0 aromatic heterocycles. The Kier molecular flexibility index (Phi) is 5.27. The smallest absolute Gasteiger partial charge is 0.342 e. The second-order valence-electron chi connectivity index (χ2n) is 4.99. The molecule has 0 aliphatic carbocycles. The molecule has 6 nitrogen and oxygen atoms in total. The van der Waals surface area contributed by atoms with E-state index in [1.807, 2.05) is 0 Å². The summed E-state index contributed by atoms with van der Waals surface area (Å²) in [7, 11) is 1.42. The average molecular weight is 315 g/mol. The van der Waals surface area contributed by atoms with Gasteiger partial charge < -0.3 is 25.6 Å². The quantitative estimate of drug-likeness (QED) is 0.568. The maximum Gasteiger partial charge on any atom is 0.342 e. The molecule has 7 heteroatoms. The third kappa shape index (κ3) is 3.78. The topological polar surface area (TPSA) is 93.8 Å². The number of nitrogens with two attached hydrogens (primary N) is 1. The van der Waals surface area contributed by atoms with Crippen LogP contribution in [-0.4, -0.2) is 44.0 Å². The third-order valence-electron chi connectivity index (χ3n) is 3.52. The van der Waals surface area contributed by atoms with Crippen LogP contribution in [0.25, 0.3) is 0 Å². The summed E-state index contributed by atoms with van der Waals surface area (Å²) in [6.45, 7) is 1.46. The van der Waals surface area contributed by atoms with Gasteiger partial charge in [0.25, 0.3) is 0 Å². The second-order valence-corrected chi connectivity index (χ2v) is 5.43. The summed E-state index contributed by atoms with van der Waals surface area (Å²) in [5.41, 5.74) is 6.23. The Morgan fingerprint density at radius 3 is 3.00 bits per heavy atom. The molecule has 0 bridgehead atoms. The Hall–Kier alpha value is -1.50. The van der Waals surface area contributed by atoms with E-state index in [-0.39, 0.29) is 29.5 Å². The fourth-order valence-corrected chi connectivity index (χ4v) is 2.57. The van der Waals surface area contributed by atoms with Crippen LogP contribution in [0.4, 0.5) is 5.69 Å². The van der Waals surface area contributed by atoms with Gasteiger partial charge in [-0.05, 0) is 25.1 Å². The van der Waals surface area contributed by atoms with Gasteiger partial charge in [-0.1, -0.05) is 11.6 Å². The minimum absolute atomic E-state index is 0.0715. The minimum atomic E-state index is -0.563. The number of methoxy groups -OCH3 is 1. The Balaban J connectivity index is 2.06. The van der Waals surface area contributed by atoms with Crippen molar-refractivity contribution in [1.29, 1.82) is 0 Å². The molecule has 4 N–H and O–H groups in total. The van der Waals surface area contributed by atoms with Crippen molar-refractivity contribution >= 4 is 23.3 Å². The number of benzene rings is 1. The van der Waals surface area contributed by atoms with Gasteiger partial charge >= 0.3 is 5.97 Å². The lowest BCUT2D eigenvalue weighted by atomic mass is 9.96. The highest BCUT2D eigenvalue weighted by atomic mass is 35.5. The number of carbonyl (C=O) groups excluding carboxylic acids is 1. The van der Waals surface area contributed by atoms with E-state index in [2.05, 4.69) is 5.32 Å². The van der Waals surface area contributed by atoms with Crippen molar-refractivity contribution in [3.8, 4) is 5.75 Å². The molecule has 1 aliphatic heterocycles. The molecule has 2 atom stereocenters. The number of nitrogens with one attached hydrogen (secondary N) is 1. The molecule has 0 spiro atoms. The van der Waals surface area contributed by atoms with Crippen LogP contribution in [0, 0.1) is 5.92 Å². The minimum Gasteiger partial charge on any atom is -0.494 e. The van der Waals surface area contributed by atoms with E-state index in [1.165, 1.54) is 19.2 Å². The van der Waals surface area contributed by atoms with Gasteiger partial charge in [0.05, 0.1) is 25.5 Å². The van der Waals surface area contributed by atoms with Crippen LogP contribution in [0.2, 0.25) is 5.02 Å². The number of rotatable bonds is 4. The zero-order chi connectivity index (χ0) is 15.4. The van der Waals surface area contributed by atoms with E-state index in [0.29, 0.717) is 11.6 Å². The van der Waals surface area contributed by atoms with E-state index in [0.717, 1.165) is 13.0 Å². The van der Waals surface area contributed by atoms with E-state index in [4.69, 9.17) is 26.8 Å². The van der Waals surface area contributed by atoms with Crippen molar-refractivity contribution in [2.75, 3.05) is 32.5 Å². The first-order valence-electron chi connectivity index (χ1n) is 6.72. The Bertz CT molecular complexity index is 524. The summed E-state index contributed by atoms with van der Waals surface area (Å²) in [4.78, 5) is 12.2. The van der Waals surface area contributed by atoms with Crippen LogP contribution >= 0.6 is 11.6 Å². The normalized spacial score (nSPS) is 21.9. The average Bonchev–Trinajstić information content (AvgIpc) is 2.45. The molecule has 1 heterocycles. The van der Waals surface area contributed by atoms with Crippen LogP contribution in [0.1, 0.15) is 16.8 Å². The van der Waals surface area contributed by atoms with E-state index in [1.54, 1.807) is 0 Å². The Morgan fingerprint density at radius 2 is 2.33 bits per heavy atom. The van der Waals surface area contributed by atoms with Crippen molar-refractivity contribution in [2.24, 2.45) is 5.92 Å². The van der Waals surface area contributed by atoms with Crippen LogP contribution in [-0.2, 0) is 4.74 Å². The molecule has 1 aliphatic rings. The van der Waals surface area contributed by atoms with E-state index >= 15 is 0 Å². The van der Waals surface area contributed by atoms with E-state index in [9.17, 15) is 9.90 Å².